The van der Waals surface area contributed by atoms with Crippen LogP contribution in [0.15, 0.2) is 22.8 Å². The number of nitrogens with one attached hydrogen (secondary N) is 1. The largest absolute Gasteiger partial charge is 0.367 e. The Balaban J connectivity index is 2.64. The first-order chi connectivity index (χ1) is 10.2. The molecule has 1 aromatic heterocycles. The average Bonchev–Trinajstić information content (AvgIpc) is 2.40. The number of aliphatic hydroxyl groups is 1. The number of carbonyl (C=O) groups excluding carboxylic acids is 1. The van der Waals surface area contributed by atoms with E-state index in [-0.39, 0.29) is 5.91 Å². The lowest BCUT2D eigenvalue weighted by molar-refractivity contribution is -0.195. The van der Waals surface area contributed by atoms with E-state index in [1.807, 2.05) is 45.9 Å². The minimum absolute atomic E-state index is 0.222. The fraction of sp³-hybridized carbons (Fsp3) is 0.625. The van der Waals surface area contributed by atoms with Crippen molar-refractivity contribution in [1.82, 2.24) is 10.3 Å². The zero-order valence-corrected chi connectivity index (χ0v) is 15.2. The summed E-state index contributed by atoms with van der Waals surface area (Å²) in [4.78, 5) is 16.6. The number of aromatic nitrogens is 1. The van der Waals surface area contributed by atoms with Crippen molar-refractivity contribution >= 4 is 21.8 Å². The molecule has 124 valence electrons. The minimum atomic E-state index is -1.12. The van der Waals surface area contributed by atoms with Crippen molar-refractivity contribution in [2.45, 2.75) is 59.0 Å². The van der Waals surface area contributed by atoms with Crippen LogP contribution in [0.4, 0.5) is 0 Å². The van der Waals surface area contributed by atoms with E-state index in [0.717, 1.165) is 16.7 Å². The predicted molar refractivity (Wildman–Crippen MR) is 89.0 cm³/mol. The first-order valence-corrected chi connectivity index (χ1v) is 8.27. The quantitative estimate of drug-likeness (QED) is 0.569. The molecule has 2 atom stereocenters. The summed E-state index contributed by atoms with van der Waals surface area (Å²) in [5, 5.41) is 13.0. The molecule has 1 aromatic rings. The molecule has 1 heterocycles. The third kappa shape index (κ3) is 6.85. The molecule has 1 rings (SSSR count). The molecule has 0 fully saturated rings. The van der Waals surface area contributed by atoms with E-state index in [4.69, 9.17) is 4.74 Å². The van der Waals surface area contributed by atoms with Gasteiger partial charge in [0.15, 0.2) is 6.29 Å². The number of aliphatic hydroxyl groups excluding tert-OH is 1. The second-order valence-corrected chi connectivity index (χ2v) is 7.00. The monoisotopic (exact) mass is 372 g/mol. The van der Waals surface area contributed by atoms with Gasteiger partial charge in [-0.3, -0.25) is 4.79 Å². The number of pyridine rings is 1. The molecule has 0 aliphatic heterocycles. The van der Waals surface area contributed by atoms with E-state index in [1.54, 1.807) is 0 Å². The number of halogens is 1. The van der Waals surface area contributed by atoms with Gasteiger partial charge >= 0.3 is 0 Å². The summed E-state index contributed by atoms with van der Waals surface area (Å²) in [6.07, 6.45) is 0.239. The molecular weight excluding hydrogens is 348 g/mol. The predicted octanol–water partition coefficient (Wildman–Crippen LogP) is 3.01. The highest BCUT2D eigenvalue weighted by atomic mass is 79.9. The number of carbonyl (C=O) groups is 1. The standard InChI is InChI=1S/C16H25BrN2O3/c1-5-7-12(15(21)22-16(2,3)4)14(20)18-10-11-8-6-9-13(17)19-11/h6,8-9,12,15,21H,5,7,10H2,1-4H3,(H,18,20). The van der Waals surface area contributed by atoms with Crippen LogP contribution in [0.1, 0.15) is 46.2 Å². The van der Waals surface area contributed by atoms with Gasteiger partial charge in [0.1, 0.15) is 4.60 Å². The van der Waals surface area contributed by atoms with E-state index < -0.39 is 17.8 Å². The van der Waals surface area contributed by atoms with Gasteiger partial charge in [0.2, 0.25) is 5.91 Å². The number of nitrogens with zero attached hydrogens (tertiary/aromatic N) is 1. The normalized spacial score (nSPS) is 14.5. The Labute approximate surface area is 140 Å². The van der Waals surface area contributed by atoms with Gasteiger partial charge < -0.3 is 15.2 Å². The van der Waals surface area contributed by atoms with Crippen molar-refractivity contribution in [3.05, 3.63) is 28.5 Å². The summed E-state index contributed by atoms with van der Waals surface area (Å²) in [6, 6.07) is 5.52. The second kappa shape index (κ2) is 8.60. The smallest absolute Gasteiger partial charge is 0.228 e. The Hall–Kier alpha value is -0.980. The fourth-order valence-corrected chi connectivity index (χ4v) is 2.40. The summed E-state index contributed by atoms with van der Waals surface area (Å²) < 4.78 is 6.24. The molecule has 0 radical (unpaired) electrons. The van der Waals surface area contributed by atoms with Crippen molar-refractivity contribution in [3.63, 3.8) is 0 Å². The Bertz CT molecular complexity index is 489. The maximum absolute atomic E-state index is 12.3. The Morgan fingerprint density at radius 3 is 2.68 bits per heavy atom. The summed E-state index contributed by atoms with van der Waals surface area (Å²) in [5.74, 6) is -0.809. The Morgan fingerprint density at radius 1 is 1.45 bits per heavy atom. The molecule has 0 bridgehead atoms. The van der Waals surface area contributed by atoms with Crippen molar-refractivity contribution in [3.8, 4) is 0 Å². The van der Waals surface area contributed by atoms with Crippen LogP contribution in [0.25, 0.3) is 0 Å². The number of amides is 1. The maximum Gasteiger partial charge on any atom is 0.228 e. The van der Waals surface area contributed by atoms with Crippen molar-refractivity contribution in [1.29, 1.82) is 0 Å². The van der Waals surface area contributed by atoms with Crippen LogP contribution < -0.4 is 5.32 Å². The lowest BCUT2D eigenvalue weighted by Gasteiger charge is -2.29. The van der Waals surface area contributed by atoms with Gasteiger partial charge in [0.25, 0.3) is 0 Å². The molecule has 0 spiro atoms. The maximum atomic E-state index is 12.3. The summed E-state index contributed by atoms with van der Waals surface area (Å²) in [6.45, 7) is 7.84. The minimum Gasteiger partial charge on any atom is -0.367 e. The number of hydrogen-bond donors (Lipinski definition) is 2. The van der Waals surface area contributed by atoms with E-state index in [2.05, 4.69) is 26.2 Å². The van der Waals surface area contributed by atoms with Crippen LogP contribution >= 0.6 is 15.9 Å². The van der Waals surface area contributed by atoms with Crippen LogP contribution in [0, 0.1) is 5.92 Å². The zero-order valence-electron chi connectivity index (χ0n) is 13.6. The first kappa shape index (κ1) is 19.1. The summed E-state index contributed by atoms with van der Waals surface area (Å²) in [5.41, 5.74) is 0.251. The van der Waals surface area contributed by atoms with Gasteiger partial charge in [-0.25, -0.2) is 4.98 Å². The van der Waals surface area contributed by atoms with E-state index in [1.165, 1.54) is 0 Å². The molecule has 22 heavy (non-hydrogen) atoms. The molecule has 0 aliphatic carbocycles. The summed E-state index contributed by atoms with van der Waals surface area (Å²) in [7, 11) is 0. The Morgan fingerprint density at radius 2 is 2.14 bits per heavy atom. The van der Waals surface area contributed by atoms with Crippen LogP contribution in [-0.2, 0) is 16.1 Å². The number of ether oxygens (including phenoxy) is 1. The topological polar surface area (TPSA) is 71.5 Å². The second-order valence-electron chi connectivity index (χ2n) is 6.19. The van der Waals surface area contributed by atoms with Crippen LogP contribution in [0.5, 0.6) is 0 Å². The number of hydrogen-bond acceptors (Lipinski definition) is 4. The van der Waals surface area contributed by atoms with Crippen LogP contribution in [0.2, 0.25) is 0 Å². The molecule has 2 N–H and O–H groups in total. The van der Waals surface area contributed by atoms with Crippen LogP contribution in [0.3, 0.4) is 0 Å². The SMILES string of the molecule is CCCC(C(=O)NCc1cccc(Br)n1)C(O)OC(C)(C)C. The average molecular weight is 373 g/mol. The van der Waals surface area contributed by atoms with Crippen LogP contribution in [-0.4, -0.2) is 27.9 Å². The van der Waals surface area contributed by atoms with Crippen molar-refractivity contribution in [2.24, 2.45) is 5.92 Å². The molecule has 5 nitrogen and oxygen atoms in total. The molecule has 1 amide bonds. The fourth-order valence-electron chi connectivity index (χ4n) is 2.02. The highest BCUT2D eigenvalue weighted by Crippen LogP contribution is 2.19. The van der Waals surface area contributed by atoms with Gasteiger partial charge in [-0.2, -0.15) is 0 Å². The highest BCUT2D eigenvalue weighted by Gasteiger charge is 2.30. The van der Waals surface area contributed by atoms with Gasteiger partial charge in [-0.15, -0.1) is 0 Å². The van der Waals surface area contributed by atoms with E-state index >= 15 is 0 Å². The highest BCUT2D eigenvalue weighted by molar-refractivity contribution is 9.10. The van der Waals surface area contributed by atoms with E-state index in [0.29, 0.717) is 13.0 Å². The molecule has 0 saturated carbocycles. The number of rotatable bonds is 7. The van der Waals surface area contributed by atoms with Gasteiger partial charge in [0, 0.05) is 0 Å². The van der Waals surface area contributed by atoms with Gasteiger partial charge in [-0.05, 0) is 55.3 Å². The lowest BCUT2D eigenvalue weighted by atomic mass is 10.0. The molecule has 0 aromatic carbocycles. The molecule has 2 unspecified atom stereocenters. The van der Waals surface area contributed by atoms with Gasteiger partial charge in [-0.1, -0.05) is 19.4 Å². The first-order valence-electron chi connectivity index (χ1n) is 7.48. The molecular formula is C16H25BrN2O3. The lowest BCUT2D eigenvalue weighted by Crippen LogP contribution is -2.41. The van der Waals surface area contributed by atoms with Gasteiger partial charge in [0.05, 0.1) is 23.8 Å². The third-order valence-electron chi connectivity index (χ3n) is 2.97. The molecule has 6 heteroatoms. The van der Waals surface area contributed by atoms with E-state index in [9.17, 15) is 9.90 Å². The Kier molecular flexibility index (Phi) is 7.45. The van der Waals surface area contributed by atoms with Crippen molar-refractivity contribution < 1.29 is 14.6 Å². The summed E-state index contributed by atoms with van der Waals surface area (Å²) >= 11 is 3.30. The molecule has 0 saturated heterocycles. The molecule has 0 aliphatic rings. The third-order valence-corrected chi connectivity index (χ3v) is 3.41. The zero-order chi connectivity index (χ0) is 16.8. The van der Waals surface area contributed by atoms with Crippen molar-refractivity contribution in [2.75, 3.05) is 0 Å².